The van der Waals surface area contributed by atoms with E-state index in [9.17, 15) is 0 Å². The van der Waals surface area contributed by atoms with Gasteiger partial charge in [-0.15, -0.1) is 0 Å². The van der Waals surface area contributed by atoms with Gasteiger partial charge in [-0.1, -0.05) is 12.6 Å². The third-order valence-corrected chi connectivity index (χ3v) is 1.40. The number of aromatic amines is 1. The largest absolute Gasteiger partial charge is 0.349 e. The summed E-state index contributed by atoms with van der Waals surface area (Å²) in [5.74, 6) is 1.86. The molecule has 0 spiro atoms. The van der Waals surface area contributed by atoms with Crippen LogP contribution < -0.4 is 0 Å². The lowest BCUT2D eigenvalue weighted by atomic mass is 10.3. The number of nitrogens with zero attached hydrogens (tertiary/aromatic N) is 1. The fourth-order valence-corrected chi connectivity index (χ4v) is 0.819. The molecular formula is C6H9N2S. The molecular weight excluding hydrogens is 132 g/mol. The summed E-state index contributed by atoms with van der Waals surface area (Å²) in [6.07, 6.45) is 5.62. The quantitative estimate of drug-likeness (QED) is 0.679. The molecule has 0 fully saturated rings. The van der Waals surface area contributed by atoms with Gasteiger partial charge in [0.15, 0.2) is 0 Å². The van der Waals surface area contributed by atoms with Gasteiger partial charge in [0.2, 0.25) is 0 Å². The lowest BCUT2D eigenvalue weighted by molar-refractivity contribution is 0.867. The summed E-state index contributed by atoms with van der Waals surface area (Å²) in [5, 5.41) is 0. The summed E-state index contributed by atoms with van der Waals surface area (Å²) in [5.41, 5.74) is 0. The molecule has 0 saturated carbocycles. The molecule has 9 heavy (non-hydrogen) atoms. The highest BCUT2D eigenvalue weighted by Gasteiger charge is 1.90. The Labute approximate surface area is 60.1 Å². The van der Waals surface area contributed by atoms with Crippen LogP contribution in [0.15, 0.2) is 12.4 Å². The van der Waals surface area contributed by atoms with Crippen molar-refractivity contribution in [3.63, 3.8) is 0 Å². The predicted octanol–water partition coefficient (Wildman–Crippen LogP) is 1.54. The number of aryl methyl sites for hydroxylation is 1. The second kappa shape index (κ2) is 3.56. The number of rotatable bonds is 3. The van der Waals surface area contributed by atoms with Crippen molar-refractivity contribution >= 4 is 12.6 Å². The standard InChI is InChI=1S/C6H9N2S/c9-5-1-2-6-7-3-4-8-6/h3-4H,1-2,5H2,(H,7,8). The average molecular weight is 141 g/mol. The molecule has 0 atom stereocenters. The van der Waals surface area contributed by atoms with Gasteiger partial charge in [0.1, 0.15) is 5.82 Å². The molecule has 1 rings (SSSR count). The third kappa shape index (κ3) is 2.10. The Hall–Kier alpha value is -0.440. The first-order valence-corrected chi connectivity index (χ1v) is 3.57. The lowest BCUT2D eigenvalue weighted by Crippen LogP contribution is -1.87. The van der Waals surface area contributed by atoms with Crippen LogP contribution in [0.2, 0.25) is 0 Å². The molecule has 1 aromatic heterocycles. The van der Waals surface area contributed by atoms with Gasteiger partial charge in [-0.3, -0.25) is 0 Å². The Morgan fingerprint density at radius 3 is 3.11 bits per heavy atom. The van der Waals surface area contributed by atoms with Crippen molar-refractivity contribution in [3.8, 4) is 0 Å². The van der Waals surface area contributed by atoms with E-state index in [2.05, 4.69) is 9.97 Å². The van der Waals surface area contributed by atoms with Gasteiger partial charge >= 0.3 is 0 Å². The molecule has 1 aromatic rings. The van der Waals surface area contributed by atoms with Crippen LogP contribution in [0.25, 0.3) is 0 Å². The van der Waals surface area contributed by atoms with E-state index in [1.807, 2.05) is 6.20 Å². The summed E-state index contributed by atoms with van der Waals surface area (Å²) in [4.78, 5) is 7.07. The number of aromatic nitrogens is 2. The molecule has 0 amide bonds. The Kier molecular flexibility index (Phi) is 2.64. The van der Waals surface area contributed by atoms with E-state index in [1.54, 1.807) is 6.20 Å². The molecule has 1 radical (unpaired) electrons. The summed E-state index contributed by atoms with van der Waals surface area (Å²) >= 11 is 4.78. The van der Waals surface area contributed by atoms with Gasteiger partial charge in [-0.2, -0.15) is 0 Å². The van der Waals surface area contributed by atoms with Gasteiger partial charge in [0.05, 0.1) is 0 Å². The molecule has 0 aromatic carbocycles. The first-order chi connectivity index (χ1) is 4.43. The minimum Gasteiger partial charge on any atom is -0.349 e. The zero-order chi connectivity index (χ0) is 6.53. The van der Waals surface area contributed by atoms with Crippen LogP contribution in [-0.2, 0) is 6.42 Å². The second-order valence-electron chi connectivity index (χ2n) is 1.84. The summed E-state index contributed by atoms with van der Waals surface area (Å²) in [7, 11) is 0. The van der Waals surface area contributed by atoms with Crippen molar-refractivity contribution in [1.82, 2.24) is 9.97 Å². The third-order valence-electron chi connectivity index (χ3n) is 1.11. The topological polar surface area (TPSA) is 28.7 Å². The monoisotopic (exact) mass is 141 g/mol. The van der Waals surface area contributed by atoms with Crippen molar-refractivity contribution in [3.05, 3.63) is 18.2 Å². The molecule has 2 nitrogen and oxygen atoms in total. The van der Waals surface area contributed by atoms with Crippen LogP contribution in [0.5, 0.6) is 0 Å². The van der Waals surface area contributed by atoms with Crippen molar-refractivity contribution < 1.29 is 0 Å². The zero-order valence-corrected chi connectivity index (χ0v) is 5.95. The van der Waals surface area contributed by atoms with E-state index < -0.39 is 0 Å². The molecule has 1 N–H and O–H groups in total. The van der Waals surface area contributed by atoms with Crippen molar-refractivity contribution in [1.29, 1.82) is 0 Å². The van der Waals surface area contributed by atoms with Gasteiger partial charge in [0, 0.05) is 24.6 Å². The first-order valence-electron chi connectivity index (χ1n) is 3.00. The second-order valence-corrected chi connectivity index (χ2v) is 2.25. The van der Waals surface area contributed by atoms with E-state index in [0.717, 1.165) is 24.4 Å². The minimum atomic E-state index is 0.820. The Morgan fingerprint density at radius 1 is 1.67 bits per heavy atom. The van der Waals surface area contributed by atoms with Gasteiger partial charge in [-0.05, 0) is 6.42 Å². The highest BCUT2D eigenvalue weighted by Crippen LogP contribution is 1.94. The maximum absolute atomic E-state index is 4.78. The lowest BCUT2D eigenvalue weighted by Gasteiger charge is -1.89. The van der Waals surface area contributed by atoms with Crippen LogP contribution in [0, 0.1) is 0 Å². The number of imidazole rings is 1. The molecule has 0 bridgehead atoms. The van der Waals surface area contributed by atoms with Crippen LogP contribution in [0.3, 0.4) is 0 Å². The fourth-order valence-electron chi connectivity index (χ4n) is 0.674. The van der Waals surface area contributed by atoms with E-state index in [-0.39, 0.29) is 0 Å². The summed E-state index contributed by atoms with van der Waals surface area (Å²) in [6.45, 7) is 0. The number of hydrogen-bond donors (Lipinski definition) is 1. The molecule has 1 heterocycles. The molecule has 0 saturated heterocycles. The van der Waals surface area contributed by atoms with Crippen LogP contribution >= 0.6 is 12.6 Å². The van der Waals surface area contributed by atoms with Crippen molar-refractivity contribution in [2.75, 3.05) is 5.75 Å². The van der Waals surface area contributed by atoms with Gasteiger partial charge < -0.3 is 4.98 Å². The molecule has 49 valence electrons. The maximum Gasteiger partial charge on any atom is 0.106 e. The Bertz CT molecular complexity index is 148. The van der Waals surface area contributed by atoms with Crippen LogP contribution in [-0.4, -0.2) is 15.7 Å². The average Bonchev–Trinajstić information content (AvgIpc) is 2.34. The number of nitrogens with one attached hydrogen (secondary N) is 1. The smallest absolute Gasteiger partial charge is 0.106 e. The number of hydrogen-bond acceptors (Lipinski definition) is 1. The molecule has 0 unspecified atom stereocenters. The normalized spacial score (nSPS) is 9.89. The van der Waals surface area contributed by atoms with Gasteiger partial charge in [-0.25, -0.2) is 4.98 Å². The Balaban J connectivity index is 2.30. The van der Waals surface area contributed by atoms with E-state index in [1.165, 1.54) is 0 Å². The fraction of sp³-hybridized carbons (Fsp3) is 0.500. The van der Waals surface area contributed by atoms with Crippen LogP contribution in [0.4, 0.5) is 0 Å². The minimum absolute atomic E-state index is 0.820. The molecule has 0 aliphatic heterocycles. The van der Waals surface area contributed by atoms with Gasteiger partial charge in [0.25, 0.3) is 0 Å². The zero-order valence-electron chi connectivity index (χ0n) is 5.13. The highest BCUT2D eigenvalue weighted by atomic mass is 32.1. The van der Waals surface area contributed by atoms with E-state index >= 15 is 0 Å². The van der Waals surface area contributed by atoms with Crippen LogP contribution in [0.1, 0.15) is 12.2 Å². The predicted molar refractivity (Wildman–Crippen MR) is 39.4 cm³/mol. The molecule has 0 aliphatic rings. The van der Waals surface area contributed by atoms with E-state index in [4.69, 9.17) is 12.6 Å². The maximum atomic E-state index is 4.78. The van der Waals surface area contributed by atoms with E-state index in [0.29, 0.717) is 0 Å². The SMILES string of the molecule is [S]CCCc1ncc[nH]1. The summed E-state index contributed by atoms with van der Waals surface area (Å²) < 4.78 is 0. The molecule has 3 heteroatoms. The molecule has 0 aliphatic carbocycles. The van der Waals surface area contributed by atoms with Crippen molar-refractivity contribution in [2.45, 2.75) is 12.8 Å². The number of H-pyrrole nitrogens is 1. The first kappa shape index (κ1) is 6.68. The van der Waals surface area contributed by atoms with Crippen molar-refractivity contribution in [2.24, 2.45) is 0 Å². The summed E-state index contributed by atoms with van der Waals surface area (Å²) in [6, 6.07) is 0. The Morgan fingerprint density at radius 2 is 2.56 bits per heavy atom. The highest BCUT2D eigenvalue weighted by molar-refractivity contribution is 7.80.